The van der Waals surface area contributed by atoms with Crippen LogP contribution in [0.25, 0.3) is 16.5 Å². The lowest BCUT2D eigenvalue weighted by Gasteiger charge is -2.21. The van der Waals surface area contributed by atoms with Gasteiger partial charge in [-0.25, -0.2) is 8.78 Å². The van der Waals surface area contributed by atoms with E-state index in [0.29, 0.717) is 24.1 Å². The number of aryl methyl sites for hydroxylation is 1. The maximum absolute atomic E-state index is 14.7. The molecule has 1 aromatic heterocycles. The summed E-state index contributed by atoms with van der Waals surface area (Å²) < 4.78 is 29.2. The van der Waals surface area contributed by atoms with E-state index in [0.717, 1.165) is 6.42 Å². The Bertz CT molecular complexity index is 857. The van der Waals surface area contributed by atoms with Crippen molar-refractivity contribution in [2.45, 2.75) is 32.2 Å². The third-order valence-corrected chi connectivity index (χ3v) is 4.69. The zero-order valence-corrected chi connectivity index (χ0v) is 13.2. The quantitative estimate of drug-likeness (QED) is 0.783. The number of carbonyl (C=O) groups is 1. The summed E-state index contributed by atoms with van der Waals surface area (Å²) in [4.78, 5) is 14.4. The van der Waals surface area contributed by atoms with Crippen LogP contribution in [-0.2, 0) is 0 Å². The van der Waals surface area contributed by atoms with Gasteiger partial charge in [0.25, 0.3) is 5.91 Å². The highest BCUT2D eigenvalue weighted by Crippen LogP contribution is 2.41. The highest BCUT2D eigenvalue weighted by Gasteiger charge is 2.29. The van der Waals surface area contributed by atoms with Crippen molar-refractivity contribution >= 4 is 34.0 Å². The van der Waals surface area contributed by atoms with E-state index in [9.17, 15) is 13.6 Å². The van der Waals surface area contributed by atoms with E-state index in [4.69, 9.17) is 23.1 Å². The van der Waals surface area contributed by atoms with Crippen molar-refractivity contribution in [2.24, 2.45) is 11.5 Å². The van der Waals surface area contributed by atoms with Gasteiger partial charge in [-0.1, -0.05) is 17.7 Å². The molecule has 122 valence electrons. The first-order chi connectivity index (χ1) is 10.8. The number of amides is 1. The molecule has 1 unspecified atom stereocenters. The maximum atomic E-state index is 14.7. The number of H-pyrrole nitrogens is 1. The Morgan fingerprint density at radius 1 is 1.39 bits per heavy atom. The molecule has 5 N–H and O–H groups in total. The molecule has 1 atom stereocenters. The minimum atomic E-state index is -1.27. The molecule has 7 heteroatoms. The average Bonchev–Trinajstić information content (AvgIpc) is 2.76. The van der Waals surface area contributed by atoms with Gasteiger partial charge in [0.2, 0.25) is 0 Å². The number of benzene rings is 1. The third kappa shape index (κ3) is 2.42. The largest absolute Gasteiger partial charge is 0.365 e. The number of fused-ring (bicyclic) bond motifs is 1. The molecule has 3 rings (SSSR count). The van der Waals surface area contributed by atoms with E-state index >= 15 is 0 Å². The monoisotopic (exact) mass is 339 g/mol. The summed E-state index contributed by atoms with van der Waals surface area (Å²) in [6.07, 6.45) is 3.72. The lowest BCUT2D eigenvalue weighted by atomic mass is 9.87. The molecule has 0 aliphatic heterocycles. The van der Waals surface area contributed by atoms with Gasteiger partial charge in [0.05, 0.1) is 10.5 Å². The van der Waals surface area contributed by atoms with Crippen LogP contribution in [0.1, 0.15) is 40.9 Å². The summed E-state index contributed by atoms with van der Waals surface area (Å²) in [5.74, 6) is -3.43. The van der Waals surface area contributed by atoms with Crippen LogP contribution < -0.4 is 11.5 Å². The number of nitrogens with two attached hydrogens (primary N) is 2. The van der Waals surface area contributed by atoms with Crippen LogP contribution in [0, 0.1) is 18.6 Å². The fourth-order valence-corrected chi connectivity index (χ4v) is 3.38. The summed E-state index contributed by atoms with van der Waals surface area (Å²) in [5, 5.41) is 0.522. The van der Waals surface area contributed by atoms with Crippen molar-refractivity contribution in [3.8, 4) is 0 Å². The number of hydrogen-bond donors (Lipinski definition) is 3. The lowest BCUT2D eigenvalue weighted by molar-refractivity contribution is 0.0997. The molecule has 1 heterocycles. The van der Waals surface area contributed by atoms with Gasteiger partial charge in [-0.3, -0.25) is 4.79 Å². The molecule has 0 bridgehead atoms. The molecule has 0 fully saturated rings. The number of rotatable bonds is 2. The molecular weight excluding hydrogens is 324 g/mol. The van der Waals surface area contributed by atoms with E-state index in [1.807, 2.05) is 6.08 Å². The zero-order chi connectivity index (χ0) is 16.9. The van der Waals surface area contributed by atoms with Crippen molar-refractivity contribution in [1.82, 2.24) is 4.98 Å². The Balaban J connectivity index is 2.43. The van der Waals surface area contributed by atoms with Gasteiger partial charge < -0.3 is 16.5 Å². The summed E-state index contributed by atoms with van der Waals surface area (Å²) >= 11 is 6.27. The van der Waals surface area contributed by atoms with E-state index in [-0.39, 0.29) is 27.5 Å². The number of aromatic nitrogens is 1. The first kappa shape index (κ1) is 16.0. The van der Waals surface area contributed by atoms with Crippen molar-refractivity contribution in [3.05, 3.63) is 39.6 Å². The molecular formula is C16H16ClF2N3O. The topological polar surface area (TPSA) is 84.9 Å². The molecule has 1 aliphatic rings. The highest BCUT2D eigenvalue weighted by molar-refractivity contribution is 6.37. The number of halogens is 3. The maximum Gasteiger partial charge on any atom is 0.253 e. The second kappa shape index (κ2) is 5.62. The third-order valence-electron chi connectivity index (χ3n) is 4.22. The summed E-state index contributed by atoms with van der Waals surface area (Å²) in [6.45, 7) is 1.66. The lowest BCUT2D eigenvalue weighted by Crippen LogP contribution is -2.23. The van der Waals surface area contributed by atoms with Crippen molar-refractivity contribution in [2.75, 3.05) is 0 Å². The van der Waals surface area contributed by atoms with Crippen LogP contribution in [0.15, 0.2) is 6.08 Å². The predicted octanol–water partition coefficient (Wildman–Crippen LogP) is 3.40. The van der Waals surface area contributed by atoms with Crippen LogP contribution in [0.4, 0.5) is 8.78 Å². The minimum absolute atomic E-state index is 0.0620. The smallest absolute Gasteiger partial charge is 0.253 e. The summed E-state index contributed by atoms with van der Waals surface area (Å²) in [5.41, 5.74) is 11.9. The summed E-state index contributed by atoms with van der Waals surface area (Å²) in [6, 6.07) is -0.123. The fourth-order valence-electron chi connectivity index (χ4n) is 3.14. The van der Waals surface area contributed by atoms with Gasteiger partial charge >= 0.3 is 0 Å². The zero-order valence-electron chi connectivity index (χ0n) is 12.5. The first-order valence-electron chi connectivity index (χ1n) is 7.26. The Hall–Kier alpha value is -1.92. The van der Waals surface area contributed by atoms with E-state index in [2.05, 4.69) is 4.98 Å². The van der Waals surface area contributed by atoms with Gasteiger partial charge in [0, 0.05) is 22.7 Å². The highest BCUT2D eigenvalue weighted by atomic mass is 35.5. The van der Waals surface area contributed by atoms with Gasteiger partial charge in [-0.05, 0) is 31.8 Å². The van der Waals surface area contributed by atoms with Crippen molar-refractivity contribution in [3.63, 3.8) is 0 Å². The molecule has 0 saturated carbocycles. The normalized spacial score (nSPS) is 18.3. The number of aromatic amines is 1. The number of hydrogen-bond acceptors (Lipinski definition) is 2. The second-order valence-electron chi connectivity index (χ2n) is 5.83. The number of carbonyl (C=O) groups excluding carboxylic acids is 1. The molecule has 1 aliphatic carbocycles. The van der Waals surface area contributed by atoms with Crippen LogP contribution in [0.3, 0.4) is 0 Å². The predicted molar refractivity (Wildman–Crippen MR) is 86.3 cm³/mol. The van der Waals surface area contributed by atoms with Gasteiger partial charge in [0.1, 0.15) is 5.56 Å². The SMILES string of the molecule is Cc1[nH]c2c(C(N)=O)c(F)c(F)c(C3=CCCC(N)C3)c2c1Cl. The Kier molecular flexibility index (Phi) is 3.90. The van der Waals surface area contributed by atoms with Gasteiger partial charge in [0.15, 0.2) is 11.6 Å². The summed E-state index contributed by atoms with van der Waals surface area (Å²) in [7, 11) is 0. The molecule has 1 aromatic carbocycles. The second-order valence-corrected chi connectivity index (χ2v) is 6.21. The van der Waals surface area contributed by atoms with Crippen molar-refractivity contribution < 1.29 is 13.6 Å². The molecule has 4 nitrogen and oxygen atoms in total. The Morgan fingerprint density at radius 3 is 2.70 bits per heavy atom. The molecule has 0 spiro atoms. The van der Waals surface area contributed by atoms with Crippen LogP contribution in [0.2, 0.25) is 5.02 Å². The average molecular weight is 340 g/mol. The molecule has 1 amide bonds. The number of primary amides is 1. The Morgan fingerprint density at radius 2 is 2.09 bits per heavy atom. The van der Waals surface area contributed by atoms with E-state index < -0.39 is 23.1 Å². The number of allylic oxidation sites excluding steroid dienone is 1. The van der Waals surface area contributed by atoms with Crippen LogP contribution in [0.5, 0.6) is 0 Å². The first-order valence-corrected chi connectivity index (χ1v) is 7.64. The van der Waals surface area contributed by atoms with Gasteiger partial charge in [-0.2, -0.15) is 0 Å². The molecule has 2 aromatic rings. The molecule has 0 radical (unpaired) electrons. The van der Waals surface area contributed by atoms with E-state index in [1.165, 1.54) is 0 Å². The van der Waals surface area contributed by atoms with Crippen LogP contribution in [-0.4, -0.2) is 16.9 Å². The number of nitrogens with one attached hydrogen (secondary N) is 1. The molecule has 0 saturated heterocycles. The van der Waals surface area contributed by atoms with Crippen LogP contribution >= 0.6 is 11.6 Å². The molecule has 23 heavy (non-hydrogen) atoms. The standard InChI is InChI=1S/C16H16ClF2N3O/c1-6-12(17)10-9(7-3-2-4-8(20)5-7)13(18)14(19)11(16(21)23)15(10)22-6/h3,8,22H,2,4-5,20H2,1H3,(H2,21,23). The van der Waals surface area contributed by atoms with Crippen molar-refractivity contribution in [1.29, 1.82) is 0 Å². The van der Waals surface area contributed by atoms with Gasteiger partial charge in [-0.15, -0.1) is 0 Å². The Labute approximate surface area is 136 Å². The minimum Gasteiger partial charge on any atom is -0.365 e. The fraction of sp³-hybridized carbons (Fsp3) is 0.312. The van der Waals surface area contributed by atoms with E-state index in [1.54, 1.807) is 6.92 Å².